The smallest absolute Gasteiger partial charge is 0.254 e. The second-order valence-corrected chi connectivity index (χ2v) is 11.7. The lowest BCUT2D eigenvalue weighted by Crippen LogP contribution is -2.44. The second kappa shape index (κ2) is 7.25. The van der Waals surface area contributed by atoms with E-state index < -0.39 is 0 Å². The molecule has 2 aliphatic heterocycles. The molecule has 8 rings (SSSR count). The Labute approximate surface area is 215 Å². The van der Waals surface area contributed by atoms with E-state index in [-0.39, 0.29) is 23.5 Å². The van der Waals surface area contributed by atoms with Crippen LogP contribution in [0.1, 0.15) is 90.2 Å². The van der Waals surface area contributed by atoms with Crippen molar-refractivity contribution in [1.82, 2.24) is 24.4 Å². The molecule has 4 aliphatic rings. The Kier molecular flexibility index (Phi) is 4.22. The third kappa shape index (κ3) is 2.92. The second-order valence-electron chi connectivity index (χ2n) is 11.7. The molecule has 37 heavy (non-hydrogen) atoms. The summed E-state index contributed by atoms with van der Waals surface area (Å²) in [5.74, 6) is 3.04. The summed E-state index contributed by atoms with van der Waals surface area (Å²) in [7, 11) is 1.93. The lowest BCUT2D eigenvalue weighted by Gasteiger charge is -2.36. The minimum atomic E-state index is -0.363. The zero-order chi connectivity index (χ0) is 25.1. The highest BCUT2D eigenvalue weighted by Crippen LogP contribution is 2.54. The molecule has 2 aromatic heterocycles. The number of nitrogens with zero attached hydrogens (tertiary/aromatic N) is 5. The Bertz CT molecular complexity index is 1600. The SMILES string of the molecule is C[C@H]1C[C@H]1c1cccc2c1[C@H]1C[C@H](c3nc4ccc(-c5cnc(C6(N)CCC6)nc5)cc4n31)N(C)C2=O. The summed E-state index contributed by atoms with van der Waals surface area (Å²) in [4.78, 5) is 29.8. The van der Waals surface area contributed by atoms with Gasteiger partial charge in [-0.05, 0) is 72.4 Å². The first-order valence-electron chi connectivity index (χ1n) is 13.5. The van der Waals surface area contributed by atoms with E-state index in [9.17, 15) is 4.79 Å². The number of rotatable bonds is 3. The van der Waals surface area contributed by atoms with E-state index in [2.05, 4.69) is 51.8 Å². The van der Waals surface area contributed by atoms with Crippen molar-refractivity contribution in [2.24, 2.45) is 11.7 Å². The monoisotopic (exact) mass is 490 g/mol. The van der Waals surface area contributed by atoms with Gasteiger partial charge in [-0.25, -0.2) is 15.0 Å². The van der Waals surface area contributed by atoms with Crippen molar-refractivity contribution in [2.75, 3.05) is 7.05 Å². The quantitative estimate of drug-likeness (QED) is 0.433. The fourth-order valence-corrected chi connectivity index (χ4v) is 6.92. The van der Waals surface area contributed by atoms with Crippen LogP contribution in [-0.4, -0.2) is 37.4 Å². The maximum Gasteiger partial charge on any atom is 0.254 e. The zero-order valence-electron chi connectivity index (χ0n) is 21.2. The van der Waals surface area contributed by atoms with Gasteiger partial charge in [0.05, 0.1) is 28.7 Å². The Morgan fingerprint density at radius 2 is 1.81 bits per heavy atom. The molecule has 0 spiro atoms. The van der Waals surface area contributed by atoms with Crippen molar-refractivity contribution in [2.45, 2.75) is 62.6 Å². The molecule has 0 radical (unpaired) electrons. The highest BCUT2D eigenvalue weighted by atomic mass is 16.2. The first-order chi connectivity index (χ1) is 17.9. The van der Waals surface area contributed by atoms with Crippen molar-refractivity contribution in [1.29, 1.82) is 0 Å². The standard InChI is InChI=1S/C30H30N6O/c1-16-11-21(16)19-5-3-6-20-26(19)24-13-25(35(2)28(20)37)27-34-22-8-7-17(12-23(22)36(24)27)18-14-32-29(33-15-18)30(31)9-4-10-30/h3,5-8,12,14-16,21,24-25H,4,9-11,13,31H2,1-2H3/t16-,21+,24+,25+/m0/s1. The first kappa shape index (κ1) is 21.5. The van der Waals surface area contributed by atoms with Gasteiger partial charge in [-0.3, -0.25) is 4.79 Å². The van der Waals surface area contributed by atoms with Crippen molar-refractivity contribution >= 4 is 16.9 Å². The molecule has 2 N–H and O–H groups in total. The molecule has 4 aromatic rings. The molecule has 7 heteroatoms. The van der Waals surface area contributed by atoms with E-state index in [4.69, 9.17) is 10.7 Å². The van der Waals surface area contributed by atoms with Crippen molar-refractivity contribution in [3.63, 3.8) is 0 Å². The third-order valence-electron chi connectivity index (χ3n) is 9.45. The number of hydrogen-bond acceptors (Lipinski definition) is 5. The number of imidazole rings is 1. The summed E-state index contributed by atoms with van der Waals surface area (Å²) in [5, 5.41) is 0. The molecular weight excluding hydrogens is 460 g/mol. The summed E-state index contributed by atoms with van der Waals surface area (Å²) in [5.41, 5.74) is 13.6. The molecule has 7 nitrogen and oxygen atoms in total. The number of benzene rings is 2. The first-order valence-corrected chi connectivity index (χ1v) is 13.5. The number of hydrogen-bond donors (Lipinski definition) is 1. The summed E-state index contributed by atoms with van der Waals surface area (Å²) in [6.45, 7) is 2.31. The summed E-state index contributed by atoms with van der Waals surface area (Å²) in [6, 6.07) is 12.8. The predicted molar refractivity (Wildman–Crippen MR) is 141 cm³/mol. The van der Waals surface area contributed by atoms with E-state index in [0.717, 1.165) is 65.1 Å². The van der Waals surface area contributed by atoms with Crippen LogP contribution in [0.4, 0.5) is 0 Å². The van der Waals surface area contributed by atoms with Crippen LogP contribution in [0.5, 0.6) is 0 Å². The Morgan fingerprint density at radius 3 is 2.51 bits per heavy atom. The number of carbonyl (C=O) groups excluding carboxylic acids is 1. The molecule has 1 amide bonds. The fourth-order valence-electron chi connectivity index (χ4n) is 6.92. The Hall–Kier alpha value is -3.58. The van der Waals surface area contributed by atoms with Gasteiger partial charge in [0.2, 0.25) is 0 Å². The van der Waals surface area contributed by atoms with Crippen LogP contribution in [0, 0.1) is 5.92 Å². The molecule has 0 saturated heterocycles. The van der Waals surface area contributed by atoms with Gasteiger partial charge in [-0.15, -0.1) is 0 Å². The number of carbonyl (C=O) groups is 1. The van der Waals surface area contributed by atoms with Gasteiger partial charge in [0.15, 0.2) is 0 Å². The largest absolute Gasteiger partial charge is 0.331 e. The van der Waals surface area contributed by atoms with Gasteiger partial charge in [0, 0.05) is 37.0 Å². The van der Waals surface area contributed by atoms with Crippen LogP contribution in [0.15, 0.2) is 48.8 Å². The van der Waals surface area contributed by atoms with Gasteiger partial charge < -0.3 is 15.2 Å². The normalized spacial score (nSPS) is 27.0. The highest BCUT2D eigenvalue weighted by Gasteiger charge is 2.46. The van der Waals surface area contributed by atoms with E-state index >= 15 is 0 Å². The molecule has 2 aliphatic carbocycles. The number of aromatic nitrogens is 4. The third-order valence-corrected chi connectivity index (χ3v) is 9.45. The van der Waals surface area contributed by atoms with Crippen molar-refractivity contribution < 1.29 is 4.79 Å². The zero-order valence-corrected chi connectivity index (χ0v) is 21.2. The lowest BCUT2D eigenvalue weighted by atomic mass is 9.77. The average molecular weight is 491 g/mol. The lowest BCUT2D eigenvalue weighted by molar-refractivity contribution is 0.0734. The average Bonchev–Trinajstić information content (AvgIpc) is 3.38. The molecule has 2 saturated carbocycles. The Balaban J connectivity index is 1.28. The topological polar surface area (TPSA) is 89.9 Å². The van der Waals surface area contributed by atoms with Gasteiger partial charge in [-0.1, -0.05) is 25.1 Å². The van der Waals surface area contributed by atoms with Crippen LogP contribution in [0.3, 0.4) is 0 Å². The van der Waals surface area contributed by atoms with E-state index in [1.807, 2.05) is 30.4 Å². The van der Waals surface area contributed by atoms with E-state index in [1.165, 1.54) is 17.5 Å². The molecule has 2 aromatic carbocycles. The predicted octanol–water partition coefficient (Wildman–Crippen LogP) is 5.07. The molecule has 4 atom stereocenters. The van der Waals surface area contributed by atoms with Crippen LogP contribution in [-0.2, 0) is 5.54 Å². The molecular formula is C30H30N6O. The maximum absolute atomic E-state index is 13.6. The summed E-state index contributed by atoms with van der Waals surface area (Å²) in [6.07, 6.45) is 8.89. The molecule has 2 fully saturated rings. The highest BCUT2D eigenvalue weighted by molar-refractivity contribution is 5.97. The van der Waals surface area contributed by atoms with Crippen LogP contribution in [0.2, 0.25) is 0 Å². The summed E-state index contributed by atoms with van der Waals surface area (Å²) < 4.78 is 2.40. The number of fused-ring (bicyclic) bond motifs is 9. The van der Waals surface area contributed by atoms with Crippen molar-refractivity contribution in [3.8, 4) is 11.1 Å². The summed E-state index contributed by atoms with van der Waals surface area (Å²) >= 11 is 0. The number of amides is 1. The van der Waals surface area contributed by atoms with E-state index in [1.54, 1.807) is 0 Å². The fraction of sp³-hybridized carbons (Fsp3) is 0.400. The minimum absolute atomic E-state index is 0.0314. The van der Waals surface area contributed by atoms with Gasteiger partial charge in [0.25, 0.3) is 5.91 Å². The minimum Gasteiger partial charge on any atom is -0.331 e. The maximum atomic E-state index is 13.6. The number of nitrogens with two attached hydrogens (primary N) is 1. The van der Waals surface area contributed by atoms with Crippen LogP contribution >= 0.6 is 0 Å². The molecule has 2 bridgehead atoms. The van der Waals surface area contributed by atoms with Gasteiger partial charge >= 0.3 is 0 Å². The van der Waals surface area contributed by atoms with Gasteiger partial charge in [-0.2, -0.15) is 0 Å². The van der Waals surface area contributed by atoms with Crippen molar-refractivity contribution in [3.05, 3.63) is 77.1 Å². The molecule has 4 heterocycles. The van der Waals surface area contributed by atoms with Crippen LogP contribution in [0.25, 0.3) is 22.2 Å². The van der Waals surface area contributed by atoms with Gasteiger partial charge in [0.1, 0.15) is 11.6 Å². The Morgan fingerprint density at radius 1 is 1.03 bits per heavy atom. The molecule has 0 unspecified atom stereocenters. The van der Waals surface area contributed by atoms with E-state index in [0.29, 0.717) is 11.8 Å². The van der Waals surface area contributed by atoms with Crippen LogP contribution < -0.4 is 5.73 Å². The molecule has 186 valence electrons.